The highest BCUT2D eigenvalue weighted by atomic mass is 19.4. The van der Waals surface area contributed by atoms with Gasteiger partial charge in [-0.25, -0.2) is 18.3 Å². The Kier molecular flexibility index (Phi) is 4.01. The Morgan fingerprint density at radius 2 is 1.93 bits per heavy atom. The highest BCUT2D eigenvalue weighted by Gasteiger charge is 2.72. The SMILES string of the molecule is CC1(C(=O)Nc2cccc(-n3ncc(C(=O)O)c3C(F)(F)F)c2)CC1(F)F. The number of aromatic nitrogens is 2. The lowest BCUT2D eigenvalue weighted by atomic mass is 10.1. The van der Waals surface area contributed by atoms with Gasteiger partial charge < -0.3 is 10.4 Å². The first-order valence-corrected chi connectivity index (χ1v) is 7.55. The molecule has 11 heteroatoms. The van der Waals surface area contributed by atoms with E-state index in [1.165, 1.54) is 18.2 Å². The first-order chi connectivity index (χ1) is 12.4. The van der Waals surface area contributed by atoms with E-state index in [4.69, 9.17) is 5.11 Å². The molecule has 0 bridgehead atoms. The van der Waals surface area contributed by atoms with Crippen LogP contribution in [-0.2, 0) is 11.0 Å². The third kappa shape index (κ3) is 3.13. The molecule has 1 aromatic heterocycles. The summed E-state index contributed by atoms with van der Waals surface area (Å²) in [6.45, 7) is 1.08. The maximum Gasteiger partial charge on any atom is 0.434 e. The summed E-state index contributed by atoms with van der Waals surface area (Å²) in [5.74, 6) is -5.91. The van der Waals surface area contributed by atoms with E-state index in [2.05, 4.69) is 10.4 Å². The third-order valence-corrected chi connectivity index (χ3v) is 4.38. The van der Waals surface area contributed by atoms with Crippen molar-refractivity contribution < 1.29 is 36.6 Å². The molecule has 1 fully saturated rings. The highest BCUT2D eigenvalue weighted by Crippen LogP contribution is 2.60. The number of nitrogens with one attached hydrogen (secondary N) is 1. The van der Waals surface area contributed by atoms with Gasteiger partial charge in [-0.05, 0) is 25.1 Å². The van der Waals surface area contributed by atoms with Crippen LogP contribution in [0.4, 0.5) is 27.6 Å². The molecule has 1 saturated carbocycles. The van der Waals surface area contributed by atoms with Crippen LogP contribution in [0.3, 0.4) is 0 Å². The van der Waals surface area contributed by atoms with Crippen molar-refractivity contribution in [2.45, 2.75) is 25.4 Å². The van der Waals surface area contributed by atoms with Crippen molar-refractivity contribution in [3.05, 3.63) is 41.7 Å². The summed E-state index contributed by atoms with van der Waals surface area (Å²) >= 11 is 0. The second kappa shape index (κ2) is 5.76. The molecule has 0 saturated heterocycles. The predicted molar refractivity (Wildman–Crippen MR) is 81.8 cm³/mol. The average molecular weight is 389 g/mol. The monoisotopic (exact) mass is 389 g/mol. The van der Waals surface area contributed by atoms with Gasteiger partial charge in [-0.1, -0.05) is 6.07 Å². The van der Waals surface area contributed by atoms with Crippen LogP contribution in [0.25, 0.3) is 5.69 Å². The van der Waals surface area contributed by atoms with Gasteiger partial charge in [0, 0.05) is 12.1 Å². The number of carbonyl (C=O) groups is 2. The molecule has 27 heavy (non-hydrogen) atoms. The standard InChI is InChI=1S/C16H12F5N3O3/c1-14(7-15(14,17)18)13(27)23-8-3-2-4-9(5-8)24-11(16(19,20)21)10(6-22-24)12(25)26/h2-6H,7H2,1H3,(H,23,27)(H,25,26). The fourth-order valence-corrected chi connectivity index (χ4v) is 2.60. The van der Waals surface area contributed by atoms with Crippen LogP contribution in [0.15, 0.2) is 30.5 Å². The van der Waals surface area contributed by atoms with Crippen LogP contribution in [0, 0.1) is 5.41 Å². The molecule has 0 radical (unpaired) electrons. The van der Waals surface area contributed by atoms with Gasteiger partial charge in [-0.15, -0.1) is 0 Å². The largest absolute Gasteiger partial charge is 0.478 e. The van der Waals surface area contributed by atoms with Crippen LogP contribution in [0.1, 0.15) is 29.4 Å². The minimum Gasteiger partial charge on any atom is -0.478 e. The van der Waals surface area contributed by atoms with Gasteiger partial charge in [0.05, 0.1) is 11.9 Å². The number of hydrogen-bond acceptors (Lipinski definition) is 3. The molecule has 0 aliphatic heterocycles. The fraction of sp³-hybridized carbons (Fsp3) is 0.312. The van der Waals surface area contributed by atoms with E-state index in [-0.39, 0.29) is 11.4 Å². The molecule has 0 spiro atoms. The summed E-state index contributed by atoms with van der Waals surface area (Å²) < 4.78 is 66.8. The summed E-state index contributed by atoms with van der Waals surface area (Å²) in [7, 11) is 0. The first-order valence-electron chi connectivity index (χ1n) is 7.55. The first kappa shape index (κ1) is 18.8. The van der Waals surface area contributed by atoms with E-state index in [0.29, 0.717) is 10.9 Å². The summed E-state index contributed by atoms with van der Waals surface area (Å²) in [4.78, 5) is 23.0. The van der Waals surface area contributed by atoms with Gasteiger partial charge in [-0.3, -0.25) is 4.79 Å². The van der Waals surface area contributed by atoms with Crippen molar-refractivity contribution in [3.8, 4) is 5.69 Å². The minimum atomic E-state index is -5.01. The summed E-state index contributed by atoms with van der Waals surface area (Å²) in [6, 6.07) is 4.87. The van der Waals surface area contributed by atoms with E-state index in [1.54, 1.807) is 0 Å². The smallest absolute Gasteiger partial charge is 0.434 e. The second-order valence-corrected chi connectivity index (χ2v) is 6.34. The Hall–Kier alpha value is -2.98. The van der Waals surface area contributed by atoms with E-state index in [0.717, 1.165) is 13.0 Å². The number of anilines is 1. The van der Waals surface area contributed by atoms with Gasteiger partial charge >= 0.3 is 12.1 Å². The number of carboxylic acid groups (broad SMARTS) is 1. The number of rotatable bonds is 4. The number of halogens is 5. The summed E-state index contributed by atoms with van der Waals surface area (Å²) in [5, 5.41) is 14.6. The normalized spacial score (nSPS) is 21.0. The molecular formula is C16H12F5N3O3. The summed E-state index contributed by atoms with van der Waals surface area (Å²) in [5.41, 5.74) is -4.63. The number of benzene rings is 1. The van der Waals surface area contributed by atoms with Crippen LogP contribution < -0.4 is 5.32 Å². The summed E-state index contributed by atoms with van der Waals surface area (Å²) in [6.07, 6.45) is -5.07. The Bertz CT molecular complexity index is 938. The van der Waals surface area contributed by atoms with Crippen molar-refractivity contribution in [1.82, 2.24) is 9.78 Å². The Balaban J connectivity index is 1.96. The Labute approximate surface area is 148 Å². The van der Waals surface area contributed by atoms with E-state index in [1.807, 2.05) is 0 Å². The number of carbonyl (C=O) groups excluding carboxylic acids is 1. The molecule has 144 valence electrons. The van der Waals surface area contributed by atoms with Gasteiger partial charge in [0.2, 0.25) is 5.91 Å². The van der Waals surface area contributed by atoms with Crippen LogP contribution in [0.5, 0.6) is 0 Å². The zero-order valence-corrected chi connectivity index (χ0v) is 13.6. The molecular weight excluding hydrogens is 377 g/mol. The van der Waals surface area contributed by atoms with Crippen LogP contribution in [0.2, 0.25) is 0 Å². The number of alkyl halides is 5. The molecule has 1 heterocycles. The maximum absolute atomic E-state index is 13.3. The highest BCUT2D eigenvalue weighted by molar-refractivity contribution is 5.98. The van der Waals surface area contributed by atoms with Crippen molar-refractivity contribution in [2.75, 3.05) is 5.32 Å². The lowest BCUT2D eigenvalue weighted by molar-refractivity contribution is -0.143. The average Bonchev–Trinajstić information content (AvgIpc) is 2.92. The van der Waals surface area contributed by atoms with E-state index < -0.39 is 47.1 Å². The molecule has 1 atom stereocenters. The molecule has 1 aliphatic carbocycles. The Morgan fingerprint density at radius 3 is 2.44 bits per heavy atom. The van der Waals surface area contributed by atoms with Gasteiger partial charge in [0.25, 0.3) is 5.92 Å². The van der Waals surface area contributed by atoms with Gasteiger partial charge in [-0.2, -0.15) is 18.3 Å². The molecule has 1 amide bonds. The lowest BCUT2D eigenvalue weighted by Gasteiger charge is -2.14. The van der Waals surface area contributed by atoms with Crippen LogP contribution in [-0.4, -0.2) is 32.7 Å². The minimum absolute atomic E-state index is 0.0260. The number of aromatic carboxylic acids is 1. The maximum atomic E-state index is 13.3. The zero-order chi connectivity index (χ0) is 20.2. The van der Waals surface area contributed by atoms with E-state index >= 15 is 0 Å². The number of amides is 1. The van der Waals surface area contributed by atoms with E-state index in [9.17, 15) is 31.5 Å². The fourth-order valence-electron chi connectivity index (χ4n) is 2.60. The predicted octanol–water partition coefficient (Wildman–Crippen LogP) is 3.57. The topological polar surface area (TPSA) is 84.2 Å². The van der Waals surface area contributed by atoms with Crippen molar-refractivity contribution in [2.24, 2.45) is 5.41 Å². The molecule has 1 aliphatic rings. The molecule has 1 aromatic carbocycles. The van der Waals surface area contributed by atoms with Crippen molar-refractivity contribution in [1.29, 1.82) is 0 Å². The Morgan fingerprint density at radius 1 is 1.30 bits per heavy atom. The molecule has 6 nitrogen and oxygen atoms in total. The van der Waals surface area contributed by atoms with Crippen molar-refractivity contribution in [3.63, 3.8) is 0 Å². The number of hydrogen-bond donors (Lipinski definition) is 2. The van der Waals surface area contributed by atoms with Crippen molar-refractivity contribution >= 4 is 17.6 Å². The lowest BCUT2D eigenvalue weighted by Crippen LogP contribution is -2.26. The zero-order valence-electron chi connectivity index (χ0n) is 13.6. The van der Waals surface area contributed by atoms with Gasteiger partial charge in [0.15, 0.2) is 5.69 Å². The molecule has 3 rings (SSSR count). The van der Waals surface area contributed by atoms with Crippen LogP contribution >= 0.6 is 0 Å². The van der Waals surface area contributed by atoms with Gasteiger partial charge in [0.1, 0.15) is 11.0 Å². The number of nitrogens with zero attached hydrogens (tertiary/aromatic N) is 2. The molecule has 1 unspecified atom stereocenters. The quantitative estimate of drug-likeness (QED) is 0.783. The second-order valence-electron chi connectivity index (χ2n) is 6.34. The third-order valence-electron chi connectivity index (χ3n) is 4.38. The number of carboxylic acids is 1. The molecule has 2 aromatic rings. The molecule has 2 N–H and O–H groups in total.